The van der Waals surface area contributed by atoms with Crippen molar-refractivity contribution in [1.82, 2.24) is 0 Å². The summed E-state index contributed by atoms with van der Waals surface area (Å²) in [5.41, 5.74) is 8.56. The second-order valence-corrected chi connectivity index (χ2v) is 5.39. The Bertz CT molecular complexity index is 339. The molecule has 15 heavy (non-hydrogen) atoms. The number of rotatable bonds is 3. The van der Waals surface area contributed by atoms with Crippen LogP contribution in [0.2, 0.25) is 0 Å². The molecule has 0 aromatic heterocycles. The minimum absolute atomic E-state index is 0.927. The molecule has 1 rings (SSSR count). The van der Waals surface area contributed by atoms with Crippen LogP contribution in [0.4, 0.5) is 0 Å². The van der Waals surface area contributed by atoms with Crippen LogP contribution in [0.1, 0.15) is 33.4 Å². The maximum absolute atomic E-state index is 3.59. The van der Waals surface area contributed by atoms with Gasteiger partial charge >= 0.3 is 0 Å². The Morgan fingerprint density at radius 3 is 1.20 bits per heavy atom. The second kappa shape index (κ2) is 5.83. The Hall–Kier alpha value is 0.660. The molecule has 0 fully saturated rings. The number of benzene rings is 1. The molecule has 0 bridgehead atoms. The summed E-state index contributed by atoms with van der Waals surface area (Å²) in [4.78, 5) is 0. The maximum Gasteiger partial charge on any atom is 0.0289 e. The van der Waals surface area contributed by atoms with Gasteiger partial charge in [0.05, 0.1) is 0 Å². The molecule has 0 aliphatic rings. The first-order valence-electron chi connectivity index (χ1n) is 4.86. The fourth-order valence-corrected chi connectivity index (χ4v) is 4.09. The van der Waals surface area contributed by atoms with E-state index >= 15 is 0 Å². The molecule has 0 unspecified atom stereocenters. The van der Waals surface area contributed by atoms with Gasteiger partial charge in [-0.05, 0) is 54.2 Å². The van der Waals surface area contributed by atoms with Gasteiger partial charge in [-0.1, -0.05) is 47.8 Å². The van der Waals surface area contributed by atoms with Crippen LogP contribution in [0.15, 0.2) is 0 Å². The predicted octanol–water partition coefficient (Wildman–Crippen LogP) is 5.30. The van der Waals surface area contributed by atoms with Gasteiger partial charge < -0.3 is 0 Å². The lowest BCUT2D eigenvalue weighted by Gasteiger charge is -2.19. The molecule has 0 saturated carbocycles. The van der Waals surface area contributed by atoms with Crippen molar-refractivity contribution in [3.05, 3.63) is 33.4 Å². The fourth-order valence-electron chi connectivity index (χ4n) is 1.89. The average Bonchev–Trinajstić information content (AvgIpc) is 2.25. The van der Waals surface area contributed by atoms with Crippen molar-refractivity contribution in [3.63, 3.8) is 0 Å². The molecule has 0 aliphatic carbocycles. The minimum atomic E-state index is 0.927. The zero-order valence-corrected chi connectivity index (χ0v) is 14.0. The lowest BCUT2D eigenvalue weighted by molar-refractivity contribution is 1.11. The predicted molar refractivity (Wildman–Crippen MR) is 78.5 cm³/mol. The molecule has 0 aliphatic heterocycles. The molecule has 0 nitrogen and oxygen atoms in total. The van der Waals surface area contributed by atoms with Gasteiger partial charge in [-0.3, -0.25) is 0 Å². The van der Waals surface area contributed by atoms with Gasteiger partial charge in [-0.25, -0.2) is 0 Å². The van der Waals surface area contributed by atoms with Crippen molar-refractivity contribution in [2.45, 2.75) is 36.8 Å². The standard InChI is InChI=1S/C12H15Br3/c1-7-8(2)10(4-13)12(6-15)11(5-14)9(7)3/h4-6H2,1-3H3. The highest BCUT2D eigenvalue weighted by atomic mass is 79.9. The number of hydrogen-bond donors (Lipinski definition) is 0. The Morgan fingerprint density at radius 1 is 0.600 bits per heavy atom. The van der Waals surface area contributed by atoms with Gasteiger partial charge in [0.25, 0.3) is 0 Å². The third-order valence-corrected chi connectivity index (χ3v) is 4.84. The molecule has 1 aromatic rings. The monoisotopic (exact) mass is 396 g/mol. The summed E-state index contributed by atoms with van der Waals surface area (Å²) < 4.78 is 0. The first-order chi connectivity index (χ1) is 7.08. The summed E-state index contributed by atoms with van der Waals surface area (Å²) in [6.07, 6.45) is 0. The largest absolute Gasteiger partial charge is 0.0876 e. The van der Waals surface area contributed by atoms with Gasteiger partial charge in [-0.15, -0.1) is 0 Å². The van der Waals surface area contributed by atoms with E-state index in [4.69, 9.17) is 0 Å². The van der Waals surface area contributed by atoms with E-state index in [-0.39, 0.29) is 0 Å². The third kappa shape index (κ3) is 2.50. The fraction of sp³-hybridized carbons (Fsp3) is 0.500. The van der Waals surface area contributed by atoms with Crippen molar-refractivity contribution in [1.29, 1.82) is 0 Å². The summed E-state index contributed by atoms with van der Waals surface area (Å²) in [6.45, 7) is 6.63. The van der Waals surface area contributed by atoms with Crippen LogP contribution in [-0.2, 0) is 16.0 Å². The van der Waals surface area contributed by atoms with E-state index in [1.165, 1.54) is 33.4 Å². The van der Waals surface area contributed by atoms with Crippen molar-refractivity contribution in [2.24, 2.45) is 0 Å². The lowest BCUT2D eigenvalue weighted by atomic mass is 9.90. The SMILES string of the molecule is Cc1c(C)c(CBr)c(CBr)c(CBr)c1C. The number of hydrogen-bond acceptors (Lipinski definition) is 0. The quantitative estimate of drug-likeness (QED) is 0.606. The molecule has 0 saturated heterocycles. The Morgan fingerprint density at radius 2 is 0.933 bits per heavy atom. The van der Waals surface area contributed by atoms with Crippen molar-refractivity contribution in [3.8, 4) is 0 Å². The maximum atomic E-state index is 3.59. The summed E-state index contributed by atoms with van der Waals surface area (Å²) in [7, 11) is 0. The molecular formula is C12H15Br3. The molecule has 0 atom stereocenters. The van der Waals surface area contributed by atoms with E-state index < -0.39 is 0 Å². The number of alkyl halides is 3. The minimum Gasteiger partial charge on any atom is -0.0876 e. The lowest BCUT2D eigenvalue weighted by Crippen LogP contribution is -2.04. The van der Waals surface area contributed by atoms with Crippen LogP contribution < -0.4 is 0 Å². The first kappa shape index (κ1) is 13.7. The molecule has 0 N–H and O–H groups in total. The average molecular weight is 399 g/mol. The van der Waals surface area contributed by atoms with Crippen molar-refractivity contribution in [2.75, 3.05) is 0 Å². The van der Waals surface area contributed by atoms with Gasteiger partial charge in [0.2, 0.25) is 0 Å². The molecule has 84 valence electrons. The molecule has 0 amide bonds. The van der Waals surface area contributed by atoms with E-state index in [0.29, 0.717) is 0 Å². The summed E-state index contributed by atoms with van der Waals surface area (Å²) in [6, 6.07) is 0. The van der Waals surface area contributed by atoms with Crippen LogP contribution in [0, 0.1) is 20.8 Å². The first-order valence-corrected chi connectivity index (χ1v) is 8.23. The van der Waals surface area contributed by atoms with Crippen LogP contribution in [-0.4, -0.2) is 0 Å². The highest BCUT2D eigenvalue weighted by Crippen LogP contribution is 2.31. The van der Waals surface area contributed by atoms with E-state index in [1.807, 2.05) is 0 Å². The zero-order valence-electron chi connectivity index (χ0n) is 9.26. The molecule has 0 spiro atoms. The zero-order chi connectivity index (χ0) is 11.6. The van der Waals surface area contributed by atoms with E-state index in [9.17, 15) is 0 Å². The van der Waals surface area contributed by atoms with Crippen LogP contribution in [0.5, 0.6) is 0 Å². The highest BCUT2D eigenvalue weighted by molar-refractivity contribution is 9.09. The van der Waals surface area contributed by atoms with Gasteiger partial charge in [-0.2, -0.15) is 0 Å². The summed E-state index contributed by atoms with van der Waals surface area (Å²) >= 11 is 10.8. The smallest absolute Gasteiger partial charge is 0.0289 e. The molecule has 1 aromatic carbocycles. The van der Waals surface area contributed by atoms with Crippen molar-refractivity contribution >= 4 is 47.8 Å². The van der Waals surface area contributed by atoms with E-state index in [2.05, 4.69) is 68.6 Å². The Kier molecular flexibility index (Phi) is 5.33. The third-order valence-electron chi connectivity index (χ3n) is 3.16. The second-order valence-electron chi connectivity index (χ2n) is 3.71. The molecule has 3 heteroatoms. The Balaban J connectivity index is 3.59. The molecular weight excluding hydrogens is 384 g/mol. The van der Waals surface area contributed by atoms with Crippen molar-refractivity contribution < 1.29 is 0 Å². The highest BCUT2D eigenvalue weighted by Gasteiger charge is 2.14. The van der Waals surface area contributed by atoms with Gasteiger partial charge in [0.1, 0.15) is 0 Å². The topological polar surface area (TPSA) is 0 Å². The molecule has 0 radical (unpaired) electrons. The summed E-state index contributed by atoms with van der Waals surface area (Å²) in [5, 5.41) is 2.79. The van der Waals surface area contributed by atoms with E-state index in [1.54, 1.807) is 0 Å². The van der Waals surface area contributed by atoms with Gasteiger partial charge in [0.15, 0.2) is 0 Å². The van der Waals surface area contributed by atoms with E-state index in [0.717, 1.165) is 16.0 Å². The van der Waals surface area contributed by atoms with Crippen LogP contribution in [0.3, 0.4) is 0 Å². The Labute approximate surface area is 117 Å². The van der Waals surface area contributed by atoms with Crippen LogP contribution >= 0.6 is 47.8 Å². The molecule has 0 heterocycles. The normalized spacial score (nSPS) is 10.8. The number of halogens is 3. The van der Waals surface area contributed by atoms with Crippen LogP contribution in [0.25, 0.3) is 0 Å². The van der Waals surface area contributed by atoms with Gasteiger partial charge in [0, 0.05) is 16.0 Å². The summed E-state index contributed by atoms with van der Waals surface area (Å²) in [5.74, 6) is 0.